The molecule has 0 bridgehead atoms. The van der Waals surface area contributed by atoms with E-state index >= 15 is 0 Å². The summed E-state index contributed by atoms with van der Waals surface area (Å²) >= 11 is 0. The quantitative estimate of drug-likeness (QED) is 0.943. The first-order valence-corrected chi connectivity index (χ1v) is 7.32. The van der Waals surface area contributed by atoms with Gasteiger partial charge in [0.05, 0.1) is 12.3 Å². The molecule has 1 aliphatic rings. The van der Waals surface area contributed by atoms with Crippen LogP contribution in [-0.4, -0.2) is 29.7 Å². The third-order valence-corrected chi connectivity index (χ3v) is 3.59. The number of aromatic nitrogens is 2. The van der Waals surface area contributed by atoms with Gasteiger partial charge in [0.25, 0.3) is 0 Å². The SMILES string of the molecule is FC(F)(F)c1cccc(Cc2ccc([C@@H]3CNCCO3)nc2)n1. The largest absolute Gasteiger partial charge is 0.433 e. The number of ether oxygens (including phenoxy) is 1. The van der Waals surface area contributed by atoms with Crippen LogP contribution in [0.15, 0.2) is 36.5 Å². The second-order valence-electron chi connectivity index (χ2n) is 5.34. The van der Waals surface area contributed by atoms with Crippen LogP contribution in [0.2, 0.25) is 0 Å². The lowest BCUT2D eigenvalue weighted by molar-refractivity contribution is -0.141. The minimum atomic E-state index is -4.43. The maximum Gasteiger partial charge on any atom is 0.433 e. The van der Waals surface area contributed by atoms with Gasteiger partial charge in [-0.3, -0.25) is 4.98 Å². The van der Waals surface area contributed by atoms with E-state index in [2.05, 4.69) is 15.3 Å². The molecule has 1 aliphatic heterocycles. The van der Waals surface area contributed by atoms with Crippen molar-refractivity contribution in [3.8, 4) is 0 Å². The van der Waals surface area contributed by atoms with Crippen molar-refractivity contribution in [1.29, 1.82) is 0 Å². The van der Waals surface area contributed by atoms with Crippen LogP contribution in [0.4, 0.5) is 13.2 Å². The van der Waals surface area contributed by atoms with Crippen LogP contribution in [0.3, 0.4) is 0 Å². The molecule has 3 rings (SSSR count). The van der Waals surface area contributed by atoms with E-state index in [0.29, 0.717) is 25.3 Å². The van der Waals surface area contributed by atoms with Gasteiger partial charge in [0.2, 0.25) is 0 Å². The molecule has 0 saturated carbocycles. The molecule has 23 heavy (non-hydrogen) atoms. The predicted molar refractivity (Wildman–Crippen MR) is 77.8 cm³/mol. The van der Waals surface area contributed by atoms with Gasteiger partial charge in [0, 0.05) is 31.4 Å². The minimum absolute atomic E-state index is 0.0792. The van der Waals surface area contributed by atoms with Crippen molar-refractivity contribution in [2.24, 2.45) is 0 Å². The molecule has 0 radical (unpaired) electrons. The van der Waals surface area contributed by atoms with E-state index in [9.17, 15) is 13.2 Å². The van der Waals surface area contributed by atoms with Gasteiger partial charge in [-0.05, 0) is 23.8 Å². The van der Waals surface area contributed by atoms with Crippen LogP contribution >= 0.6 is 0 Å². The van der Waals surface area contributed by atoms with E-state index in [-0.39, 0.29) is 6.10 Å². The zero-order chi connectivity index (χ0) is 16.3. The summed E-state index contributed by atoms with van der Waals surface area (Å²) in [7, 11) is 0. The number of halogens is 3. The van der Waals surface area contributed by atoms with Gasteiger partial charge in [-0.2, -0.15) is 13.2 Å². The maximum absolute atomic E-state index is 12.7. The highest BCUT2D eigenvalue weighted by atomic mass is 19.4. The number of hydrogen-bond acceptors (Lipinski definition) is 4. The van der Waals surface area contributed by atoms with E-state index in [0.717, 1.165) is 23.9 Å². The molecule has 0 aliphatic carbocycles. The van der Waals surface area contributed by atoms with Crippen LogP contribution in [0.5, 0.6) is 0 Å². The average Bonchev–Trinajstić information content (AvgIpc) is 2.56. The standard InChI is InChI=1S/C16H16F3N3O/c17-16(18,19)15-3-1-2-12(22-15)8-11-4-5-13(21-9-11)14-10-20-6-7-23-14/h1-5,9,14,20H,6-8,10H2/t14-/m0/s1. The fraction of sp³-hybridized carbons (Fsp3) is 0.375. The second kappa shape index (κ2) is 6.64. The molecule has 0 aromatic carbocycles. The second-order valence-corrected chi connectivity index (χ2v) is 5.34. The van der Waals surface area contributed by atoms with Crippen LogP contribution in [0.25, 0.3) is 0 Å². The third kappa shape index (κ3) is 4.05. The summed E-state index contributed by atoms with van der Waals surface area (Å²) in [6, 6.07) is 7.62. The molecule has 1 saturated heterocycles. The van der Waals surface area contributed by atoms with Gasteiger partial charge in [-0.25, -0.2) is 4.98 Å². The molecule has 0 amide bonds. The molecule has 7 heteroatoms. The van der Waals surface area contributed by atoms with Gasteiger partial charge >= 0.3 is 6.18 Å². The van der Waals surface area contributed by atoms with Gasteiger partial charge in [0.15, 0.2) is 0 Å². The minimum Gasteiger partial charge on any atom is -0.369 e. The van der Waals surface area contributed by atoms with E-state index in [4.69, 9.17) is 4.74 Å². The average molecular weight is 323 g/mol. The Morgan fingerprint density at radius 2 is 2.09 bits per heavy atom. The summed E-state index contributed by atoms with van der Waals surface area (Å²) in [5.74, 6) is 0. The predicted octanol–water partition coefficient (Wildman–Crippen LogP) is 2.75. The molecular formula is C16H16F3N3O. The number of alkyl halides is 3. The van der Waals surface area contributed by atoms with Crippen molar-refractivity contribution in [2.75, 3.05) is 19.7 Å². The van der Waals surface area contributed by atoms with Gasteiger partial charge in [-0.15, -0.1) is 0 Å². The van der Waals surface area contributed by atoms with Gasteiger partial charge in [-0.1, -0.05) is 12.1 Å². The molecule has 2 aromatic rings. The number of nitrogens with zero attached hydrogens (tertiary/aromatic N) is 2. The Morgan fingerprint density at radius 1 is 1.22 bits per heavy atom. The molecule has 122 valence electrons. The lowest BCUT2D eigenvalue weighted by Crippen LogP contribution is -2.33. The first-order valence-electron chi connectivity index (χ1n) is 7.32. The van der Waals surface area contributed by atoms with Gasteiger partial charge in [0.1, 0.15) is 11.8 Å². The van der Waals surface area contributed by atoms with E-state index in [1.54, 1.807) is 12.3 Å². The Balaban J connectivity index is 1.71. The summed E-state index contributed by atoms with van der Waals surface area (Å²) in [5, 5.41) is 3.23. The molecule has 1 fully saturated rings. The molecule has 1 atom stereocenters. The highest BCUT2D eigenvalue weighted by Gasteiger charge is 2.32. The Labute approximate surface area is 131 Å². The zero-order valence-electron chi connectivity index (χ0n) is 12.3. The molecular weight excluding hydrogens is 307 g/mol. The highest BCUT2D eigenvalue weighted by molar-refractivity contribution is 5.23. The normalized spacial score (nSPS) is 18.8. The summed E-state index contributed by atoms with van der Waals surface area (Å²) < 4.78 is 43.6. The van der Waals surface area contributed by atoms with Crippen LogP contribution in [0.1, 0.15) is 28.7 Å². The van der Waals surface area contributed by atoms with Crippen molar-refractivity contribution >= 4 is 0 Å². The topological polar surface area (TPSA) is 47.0 Å². The Kier molecular flexibility index (Phi) is 4.58. The van der Waals surface area contributed by atoms with Crippen LogP contribution in [0, 0.1) is 0 Å². The highest BCUT2D eigenvalue weighted by Crippen LogP contribution is 2.27. The Morgan fingerprint density at radius 3 is 2.74 bits per heavy atom. The Hall–Kier alpha value is -1.99. The molecule has 1 N–H and O–H groups in total. The fourth-order valence-electron chi connectivity index (χ4n) is 2.43. The number of rotatable bonds is 3. The Bertz CT molecular complexity index is 652. The van der Waals surface area contributed by atoms with Gasteiger partial charge < -0.3 is 10.1 Å². The molecule has 0 unspecified atom stereocenters. The number of hydrogen-bond donors (Lipinski definition) is 1. The van der Waals surface area contributed by atoms with E-state index in [1.807, 2.05) is 12.1 Å². The fourth-order valence-corrected chi connectivity index (χ4v) is 2.43. The van der Waals surface area contributed by atoms with Crippen molar-refractivity contribution in [3.63, 3.8) is 0 Å². The van der Waals surface area contributed by atoms with Crippen LogP contribution < -0.4 is 5.32 Å². The van der Waals surface area contributed by atoms with Crippen molar-refractivity contribution < 1.29 is 17.9 Å². The molecule has 4 nitrogen and oxygen atoms in total. The molecule has 0 spiro atoms. The van der Waals surface area contributed by atoms with E-state index < -0.39 is 11.9 Å². The first kappa shape index (κ1) is 15.9. The van der Waals surface area contributed by atoms with Crippen molar-refractivity contribution in [3.05, 3.63) is 59.2 Å². The monoisotopic (exact) mass is 323 g/mol. The summed E-state index contributed by atoms with van der Waals surface area (Å²) in [6.07, 6.45) is -2.54. The molecule has 2 aromatic heterocycles. The summed E-state index contributed by atoms with van der Waals surface area (Å²) in [5.41, 5.74) is 1.12. The lowest BCUT2D eigenvalue weighted by Gasteiger charge is -2.23. The summed E-state index contributed by atoms with van der Waals surface area (Å²) in [6.45, 7) is 2.18. The van der Waals surface area contributed by atoms with Crippen LogP contribution in [-0.2, 0) is 17.3 Å². The lowest BCUT2D eigenvalue weighted by atomic mass is 10.1. The number of nitrogens with one attached hydrogen (secondary N) is 1. The maximum atomic E-state index is 12.7. The zero-order valence-corrected chi connectivity index (χ0v) is 12.3. The van der Waals surface area contributed by atoms with E-state index in [1.165, 1.54) is 6.07 Å². The third-order valence-electron chi connectivity index (χ3n) is 3.59. The smallest absolute Gasteiger partial charge is 0.369 e. The number of morpholine rings is 1. The van der Waals surface area contributed by atoms with Crippen molar-refractivity contribution in [1.82, 2.24) is 15.3 Å². The first-order chi connectivity index (χ1) is 11.0. The molecule has 3 heterocycles. The number of pyridine rings is 2. The van der Waals surface area contributed by atoms with Crippen molar-refractivity contribution in [2.45, 2.75) is 18.7 Å². The summed E-state index contributed by atoms with van der Waals surface area (Å²) in [4.78, 5) is 8.02.